The van der Waals surface area contributed by atoms with Crippen molar-refractivity contribution in [3.05, 3.63) is 29.3 Å². The van der Waals surface area contributed by atoms with E-state index >= 15 is 0 Å². The molecule has 1 aromatic rings. The minimum absolute atomic E-state index is 0.236. The molecular formula is C13H18N4O3. The van der Waals surface area contributed by atoms with Crippen LogP contribution in [0.3, 0.4) is 0 Å². The molecule has 0 saturated heterocycles. The van der Waals surface area contributed by atoms with E-state index in [0.29, 0.717) is 11.3 Å². The number of hydrogen-bond acceptors (Lipinski definition) is 4. The average molecular weight is 278 g/mol. The summed E-state index contributed by atoms with van der Waals surface area (Å²) in [6.45, 7) is 1.78. The third kappa shape index (κ3) is 4.06. The average Bonchev–Trinajstić information content (AvgIpc) is 2.39. The summed E-state index contributed by atoms with van der Waals surface area (Å²) in [5.41, 5.74) is 12.2. The zero-order chi connectivity index (χ0) is 15.3. The molecule has 1 rings (SSSR count). The molecule has 3 amide bonds. The first kappa shape index (κ1) is 15.6. The fourth-order valence-corrected chi connectivity index (χ4v) is 1.58. The number of carbonyl (C=O) groups excluding carboxylic acids is 3. The molecule has 0 spiro atoms. The first-order valence-electron chi connectivity index (χ1n) is 6.02. The summed E-state index contributed by atoms with van der Waals surface area (Å²) in [4.78, 5) is 34.1. The van der Waals surface area contributed by atoms with Gasteiger partial charge < -0.3 is 22.1 Å². The van der Waals surface area contributed by atoms with Crippen LogP contribution in [0.5, 0.6) is 0 Å². The minimum atomic E-state index is -1.02. The molecule has 0 fully saturated rings. The Morgan fingerprint density at radius 1 is 1.30 bits per heavy atom. The Bertz CT molecular complexity index is 542. The molecule has 0 heterocycles. The van der Waals surface area contributed by atoms with E-state index in [-0.39, 0.29) is 12.3 Å². The van der Waals surface area contributed by atoms with Crippen LogP contribution in [0, 0.1) is 6.92 Å². The number of carbonyl (C=O) groups is 3. The van der Waals surface area contributed by atoms with Crippen LogP contribution in [0.1, 0.15) is 22.3 Å². The number of nitrogens with one attached hydrogen (secondary N) is 2. The Hall–Kier alpha value is -2.41. The summed E-state index contributed by atoms with van der Waals surface area (Å²) >= 11 is 0. The van der Waals surface area contributed by atoms with E-state index in [1.165, 1.54) is 7.05 Å². The Balaban J connectivity index is 2.88. The molecule has 0 saturated carbocycles. The van der Waals surface area contributed by atoms with E-state index in [1.807, 2.05) is 0 Å². The van der Waals surface area contributed by atoms with Crippen molar-refractivity contribution >= 4 is 23.4 Å². The maximum absolute atomic E-state index is 11.8. The molecule has 6 N–H and O–H groups in total. The van der Waals surface area contributed by atoms with Gasteiger partial charge in [0.15, 0.2) is 0 Å². The molecule has 0 aliphatic heterocycles. The third-order valence-electron chi connectivity index (χ3n) is 2.74. The standard InChI is InChI=1S/C13H18N4O3/c1-7-3-4-8(12(19)16-2)5-10(7)17-13(20)9(14)6-11(15)18/h3-5,9H,6,14H2,1-2H3,(H2,15,18)(H,16,19)(H,17,20). The summed E-state index contributed by atoms with van der Waals surface area (Å²) in [5.74, 6) is -1.44. The topological polar surface area (TPSA) is 127 Å². The van der Waals surface area contributed by atoms with Crippen LogP contribution >= 0.6 is 0 Å². The van der Waals surface area contributed by atoms with Gasteiger partial charge in [0.2, 0.25) is 11.8 Å². The van der Waals surface area contributed by atoms with Crippen molar-refractivity contribution in [1.82, 2.24) is 5.32 Å². The number of benzene rings is 1. The molecule has 20 heavy (non-hydrogen) atoms. The number of aryl methyl sites for hydroxylation is 1. The van der Waals surface area contributed by atoms with Crippen molar-refractivity contribution in [2.75, 3.05) is 12.4 Å². The number of primary amides is 1. The Morgan fingerprint density at radius 2 is 1.95 bits per heavy atom. The van der Waals surface area contributed by atoms with E-state index in [1.54, 1.807) is 25.1 Å². The fourth-order valence-electron chi connectivity index (χ4n) is 1.58. The molecule has 0 radical (unpaired) electrons. The molecule has 0 aromatic heterocycles. The third-order valence-corrected chi connectivity index (χ3v) is 2.74. The van der Waals surface area contributed by atoms with Crippen molar-refractivity contribution in [1.29, 1.82) is 0 Å². The highest BCUT2D eigenvalue weighted by atomic mass is 16.2. The quantitative estimate of drug-likeness (QED) is 0.578. The zero-order valence-corrected chi connectivity index (χ0v) is 11.4. The van der Waals surface area contributed by atoms with Crippen LogP contribution in [0.15, 0.2) is 18.2 Å². The maximum atomic E-state index is 11.8. The van der Waals surface area contributed by atoms with E-state index < -0.39 is 17.9 Å². The molecular weight excluding hydrogens is 260 g/mol. The highest BCUT2D eigenvalue weighted by Crippen LogP contribution is 2.17. The number of hydrogen-bond donors (Lipinski definition) is 4. The highest BCUT2D eigenvalue weighted by molar-refractivity contribution is 6.00. The summed E-state index contributed by atoms with van der Waals surface area (Å²) in [7, 11) is 1.52. The van der Waals surface area contributed by atoms with E-state index in [4.69, 9.17) is 11.5 Å². The van der Waals surface area contributed by atoms with Crippen LogP contribution < -0.4 is 22.1 Å². The van der Waals surface area contributed by atoms with Crippen molar-refractivity contribution < 1.29 is 14.4 Å². The van der Waals surface area contributed by atoms with E-state index in [9.17, 15) is 14.4 Å². The lowest BCUT2D eigenvalue weighted by Crippen LogP contribution is -2.39. The fraction of sp³-hybridized carbons (Fsp3) is 0.308. The Kier molecular flexibility index (Phi) is 5.22. The van der Waals surface area contributed by atoms with Gasteiger partial charge in [-0.05, 0) is 24.6 Å². The molecule has 7 nitrogen and oxygen atoms in total. The summed E-state index contributed by atoms with van der Waals surface area (Å²) in [6, 6.07) is 3.88. The van der Waals surface area contributed by atoms with E-state index in [0.717, 1.165) is 5.56 Å². The largest absolute Gasteiger partial charge is 0.370 e. The van der Waals surface area contributed by atoms with Gasteiger partial charge in [-0.3, -0.25) is 14.4 Å². The van der Waals surface area contributed by atoms with Crippen LogP contribution in [0.25, 0.3) is 0 Å². The molecule has 1 aromatic carbocycles. The van der Waals surface area contributed by atoms with Gasteiger partial charge in [0.25, 0.3) is 5.91 Å². The van der Waals surface area contributed by atoms with Crippen LogP contribution in [0.2, 0.25) is 0 Å². The smallest absolute Gasteiger partial charge is 0.251 e. The lowest BCUT2D eigenvalue weighted by molar-refractivity contribution is -0.123. The molecule has 0 aliphatic rings. The second-order valence-corrected chi connectivity index (χ2v) is 4.38. The molecule has 108 valence electrons. The van der Waals surface area contributed by atoms with Crippen molar-refractivity contribution in [3.63, 3.8) is 0 Å². The second kappa shape index (κ2) is 6.67. The van der Waals surface area contributed by atoms with Crippen molar-refractivity contribution in [2.24, 2.45) is 11.5 Å². The normalized spacial score (nSPS) is 11.6. The zero-order valence-electron chi connectivity index (χ0n) is 11.4. The summed E-state index contributed by atoms with van der Waals surface area (Å²) in [6.07, 6.45) is -0.236. The van der Waals surface area contributed by atoms with Gasteiger partial charge in [-0.1, -0.05) is 6.07 Å². The van der Waals surface area contributed by atoms with Gasteiger partial charge in [-0.15, -0.1) is 0 Å². The first-order valence-corrected chi connectivity index (χ1v) is 6.02. The van der Waals surface area contributed by atoms with Crippen molar-refractivity contribution in [3.8, 4) is 0 Å². The lowest BCUT2D eigenvalue weighted by atomic mass is 10.1. The maximum Gasteiger partial charge on any atom is 0.251 e. The van der Waals surface area contributed by atoms with Crippen LogP contribution in [0.4, 0.5) is 5.69 Å². The molecule has 1 atom stereocenters. The SMILES string of the molecule is CNC(=O)c1ccc(C)c(NC(=O)C(N)CC(N)=O)c1. The van der Waals surface area contributed by atoms with Gasteiger partial charge in [-0.25, -0.2) is 0 Å². The predicted molar refractivity (Wildman–Crippen MR) is 75.0 cm³/mol. The van der Waals surface area contributed by atoms with Gasteiger partial charge >= 0.3 is 0 Å². The predicted octanol–water partition coefficient (Wildman–Crippen LogP) is -0.504. The van der Waals surface area contributed by atoms with Crippen molar-refractivity contribution in [2.45, 2.75) is 19.4 Å². The van der Waals surface area contributed by atoms with Crippen LogP contribution in [-0.2, 0) is 9.59 Å². The summed E-state index contributed by atoms with van der Waals surface area (Å²) in [5, 5.41) is 5.08. The van der Waals surface area contributed by atoms with Gasteiger partial charge in [0.05, 0.1) is 12.5 Å². The molecule has 0 bridgehead atoms. The molecule has 7 heteroatoms. The van der Waals surface area contributed by atoms with Gasteiger partial charge in [0.1, 0.15) is 0 Å². The minimum Gasteiger partial charge on any atom is -0.370 e. The van der Waals surface area contributed by atoms with Gasteiger partial charge in [-0.2, -0.15) is 0 Å². The Morgan fingerprint density at radius 3 is 2.50 bits per heavy atom. The monoisotopic (exact) mass is 278 g/mol. The summed E-state index contributed by atoms with van der Waals surface area (Å²) < 4.78 is 0. The number of anilines is 1. The first-order chi connectivity index (χ1) is 9.35. The van der Waals surface area contributed by atoms with Gasteiger partial charge in [0, 0.05) is 18.3 Å². The molecule has 0 aliphatic carbocycles. The Labute approximate surface area is 116 Å². The number of amides is 3. The molecule has 1 unspecified atom stereocenters. The highest BCUT2D eigenvalue weighted by Gasteiger charge is 2.17. The van der Waals surface area contributed by atoms with E-state index in [2.05, 4.69) is 10.6 Å². The van der Waals surface area contributed by atoms with Crippen LogP contribution in [-0.4, -0.2) is 30.8 Å². The second-order valence-electron chi connectivity index (χ2n) is 4.38. The number of rotatable bonds is 5. The lowest BCUT2D eigenvalue weighted by Gasteiger charge is -2.13. The number of nitrogens with two attached hydrogens (primary N) is 2.